The number of amides is 1. The van der Waals surface area contributed by atoms with Gasteiger partial charge in [-0.3, -0.25) is 4.79 Å². The van der Waals surface area contributed by atoms with E-state index < -0.39 is 5.82 Å². The largest absolute Gasteiger partial charge is 0.346 e. The third kappa shape index (κ3) is 3.03. The van der Waals surface area contributed by atoms with Crippen molar-refractivity contribution in [2.45, 2.75) is 18.9 Å². The van der Waals surface area contributed by atoms with Crippen LogP contribution in [0, 0.1) is 17.7 Å². The number of rotatable bonds is 4. The molecule has 118 valence electrons. The van der Waals surface area contributed by atoms with Crippen molar-refractivity contribution >= 4 is 17.5 Å². The van der Waals surface area contributed by atoms with E-state index in [1.54, 1.807) is 4.90 Å². The molecule has 1 aromatic carbocycles. The standard InChI is InChI=1S/C17H20ClFN2O/c1-2-11-10-21-6-5-12(11)7-14(21)9-20-17(22)13-3-4-16(19)15(18)8-13/h2-4,8,11-12,14H,1,5-7,9-10H2,(H,20,22)/p+1/t11-,12-,14+/m0/s1. The Balaban J connectivity index is 1.58. The number of halogens is 2. The summed E-state index contributed by atoms with van der Waals surface area (Å²) in [6, 6.07) is 4.53. The molecular weight excluding hydrogens is 303 g/mol. The van der Waals surface area contributed by atoms with E-state index in [4.69, 9.17) is 11.6 Å². The first-order valence-corrected chi connectivity index (χ1v) is 8.16. The van der Waals surface area contributed by atoms with Gasteiger partial charge in [0.05, 0.1) is 24.7 Å². The molecule has 3 aliphatic heterocycles. The third-order valence-electron chi connectivity index (χ3n) is 5.10. The first-order chi connectivity index (χ1) is 10.6. The maximum atomic E-state index is 13.1. The summed E-state index contributed by atoms with van der Waals surface area (Å²) in [5.74, 6) is 0.627. The lowest BCUT2D eigenvalue weighted by molar-refractivity contribution is -0.944. The van der Waals surface area contributed by atoms with Gasteiger partial charge in [-0.25, -0.2) is 4.39 Å². The Kier molecular flexibility index (Phi) is 4.50. The molecular formula is C17H21ClFN2O+. The molecule has 0 aromatic heterocycles. The zero-order valence-electron chi connectivity index (χ0n) is 12.4. The average Bonchev–Trinajstić information content (AvgIpc) is 2.55. The van der Waals surface area contributed by atoms with Crippen molar-refractivity contribution in [3.8, 4) is 0 Å². The summed E-state index contributed by atoms with van der Waals surface area (Å²) in [5, 5.41) is 2.95. The lowest BCUT2D eigenvalue weighted by atomic mass is 9.75. The van der Waals surface area contributed by atoms with Gasteiger partial charge in [0, 0.05) is 24.3 Å². The van der Waals surface area contributed by atoms with E-state index in [9.17, 15) is 9.18 Å². The Hall–Kier alpha value is -1.39. The fourth-order valence-electron chi connectivity index (χ4n) is 3.81. The molecule has 3 aliphatic rings. The molecule has 0 radical (unpaired) electrons. The van der Waals surface area contributed by atoms with Crippen LogP contribution in [0.15, 0.2) is 30.9 Å². The fourth-order valence-corrected chi connectivity index (χ4v) is 3.99. The van der Waals surface area contributed by atoms with Crippen molar-refractivity contribution in [2.24, 2.45) is 11.8 Å². The second kappa shape index (κ2) is 6.39. The van der Waals surface area contributed by atoms with Crippen molar-refractivity contribution in [1.82, 2.24) is 5.32 Å². The highest BCUT2D eigenvalue weighted by atomic mass is 35.5. The Morgan fingerprint density at radius 1 is 1.55 bits per heavy atom. The SMILES string of the molecule is C=C[C@H]1C[NH+]2CC[C@H]1C[C@@H]2CNC(=O)c1ccc(F)c(Cl)c1. The number of carbonyl (C=O) groups is 1. The molecule has 4 atom stereocenters. The molecule has 3 heterocycles. The molecule has 2 N–H and O–H groups in total. The molecule has 22 heavy (non-hydrogen) atoms. The number of piperidine rings is 3. The van der Waals surface area contributed by atoms with Gasteiger partial charge >= 0.3 is 0 Å². The van der Waals surface area contributed by atoms with Gasteiger partial charge in [-0.1, -0.05) is 17.7 Å². The minimum absolute atomic E-state index is 0.0208. The van der Waals surface area contributed by atoms with Crippen LogP contribution in [0.4, 0.5) is 4.39 Å². The van der Waals surface area contributed by atoms with E-state index in [0.717, 1.165) is 13.0 Å². The van der Waals surface area contributed by atoms with Gasteiger partial charge < -0.3 is 10.2 Å². The second-order valence-corrected chi connectivity index (χ2v) is 6.74. The van der Waals surface area contributed by atoms with Crippen molar-refractivity contribution in [2.75, 3.05) is 19.6 Å². The Morgan fingerprint density at radius 3 is 3.00 bits per heavy atom. The van der Waals surface area contributed by atoms with Crippen molar-refractivity contribution in [3.05, 3.63) is 47.3 Å². The van der Waals surface area contributed by atoms with Crippen molar-refractivity contribution in [3.63, 3.8) is 0 Å². The average molecular weight is 324 g/mol. The smallest absolute Gasteiger partial charge is 0.251 e. The molecule has 4 rings (SSSR count). The summed E-state index contributed by atoms with van der Waals surface area (Å²) >= 11 is 5.72. The van der Waals surface area contributed by atoms with Gasteiger partial charge in [0.1, 0.15) is 11.9 Å². The Morgan fingerprint density at radius 2 is 2.36 bits per heavy atom. The van der Waals surface area contributed by atoms with Gasteiger partial charge in [-0.05, 0) is 24.1 Å². The van der Waals surface area contributed by atoms with E-state index in [0.29, 0.717) is 30.0 Å². The Labute approximate surface area is 135 Å². The molecule has 1 unspecified atom stereocenters. The van der Waals surface area contributed by atoms with Crippen LogP contribution >= 0.6 is 11.6 Å². The van der Waals surface area contributed by atoms with Gasteiger partial charge in [0.2, 0.25) is 0 Å². The van der Waals surface area contributed by atoms with Gasteiger partial charge in [0.15, 0.2) is 0 Å². The second-order valence-electron chi connectivity index (χ2n) is 6.33. The molecule has 0 spiro atoms. The Bertz CT molecular complexity index is 592. The van der Waals surface area contributed by atoms with Crippen LogP contribution in [0.2, 0.25) is 5.02 Å². The summed E-state index contributed by atoms with van der Waals surface area (Å²) in [5.41, 5.74) is 0.404. The molecule has 0 saturated carbocycles. The van der Waals surface area contributed by atoms with E-state index in [-0.39, 0.29) is 10.9 Å². The van der Waals surface area contributed by atoms with Crippen LogP contribution in [0.3, 0.4) is 0 Å². The molecule has 1 aromatic rings. The number of fused-ring (bicyclic) bond motifs is 3. The van der Waals surface area contributed by atoms with Gasteiger partial charge in [-0.2, -0.15) is 0 Å². The summed E-state index contributed by atoms with van der Waals surface area (Å²) in [4.78, 5) is 13.7. The van der Waals surface area contributed by atoms with E-state index >= 15 is 0 Å². The summed E-state index contributed by atoms with van der Waals surface area (Å²) in [6.45, 7) is 6.89. The van der Waals surface area contributed by atoms with E-state index in [1.165, 1.54) is 31.2 Å². The zero-order chi connectivity index (χ0) is 15.7. The first kappa shape index (κ1) is 15.5. The molecule has 2 bridgehead atoms. The van der Waals surface area contributed by atoms with Crippen LogP contribution < -0.4 is 10.2 Å². The third-order valence-corrected chi connectivity index (χ3v) is 5.39. The maximum Gasteiger partial charge on any atom is 0.251 e. The normalized spacial score (nSPS) is 30.1. The highest BCUT2D eigenvalue weighted by Gasteiger charge is 2.42. The fraction of sp³-hybridized carbons (Fsp3) is 0.471. The van der Waals surface area contributed by atoms with Crippen molar-refractivity contribution in [1.29, 1.82) is 0 Å². The highest BCUT2D eigenvalue weighted by molar-refractivity contribution is 6.31. The topological polar surface area (TPSA) is 33.5 Å². The molecule has 5 heteroatoms. The number of quaternary nitrogens is 1. The number of carbonyl (C=O) groups excluding carboxylic acids is 1. The summed E-state index contributed by atoms with van der Waals surface area (Å²) in [7, 11) is 0. The monoisotopic (exact) mass is 323 g/mol. The number of benzene rings is 1. The van der Waals surface area contributed by atoms with Crippen LogP contribution in [-0.2, 0) is 0 Å². The van der Waals surface area contributed by atoms with E-state index in [1.807, 2.05) is 0 Å². The molecule has 3 fully saturated rings. The predicted molar refractivity (Wildman–Crippen MR) is 84.6 cm³/mol. The van der Waals surface area contributed by atoms with E-state index in [2.05, 4.69) is 18.0 Å². The van der Waals surface area contributed by atoms with Crippen LogP contribution in [0.25, 0.3) is 0 Å². The highest BCUT2D eigenvalue weighted by Crippen LogP contribution is 2.27. The van der Waals surface area contributed by atoms with Crippen LogP contribution in [0.5, 0.6) is 0 Å². The first-order valence-electron chi connectivity index (χ1n) is 7.79. The minimum atomic E-state index is -0.506. The molecule has 3 saturated heterocycles. The number of nitrogens with one attached hydrogen (secondary N) is 2. The predicted octanol–water partition coefficient (Wildman–Crippen LogP) is 1.69. The number of hydrogen-bond donors (Lipinski definition) is 2. The zero-order valence-corrected chi connectivity index (χ0v) is 13.2. The summed E-state index contributed by atoms with van der Waals surface area (Å²) in [6.07, 6.45) is 4.47. The van der Waals surface area contributed by atoms with Crippen LogP contribution in [0.1, 0.15) is 23.2 Å². The van der Waals surface area contributed by atoms with Crippen molar-refractivity contribution < 1.29 is 14.1 Å². The quantitative estimate of drug-likeness (QED) is 0.812. The minimum Gasteiger partial charge on any atom is -0.346 e. The van der Waals surface area contributed by atoms with Gasteiger partial charge in [-0.15, -0.1) is 6.58 Å². The molecule has 0 aliphatic carbocycles. The summed E-state index contributed by atoms with van der Waals surface area (Å²) < 4.78 is 13.1. The lowest BCUT2D eigenvalue weighted by Gasteiger charge is -2.46. The molecule has 3 nitrogen and oxygen atoms in total. The lowest BCUT2D eigenvalue weighted by Crippen LogP contribution is -3.20. The molecule has 1 amide bonds. The van der Waals surface area contributed by atoms with Gasteiger partial charge in [0.25, 0.3) is 5.91 Å². The maximum absolute atomic E-state index is 13.1. The van der Waals surface area contributed by atoms with Crippen LogP contribution in [-0.4, -0.2) is 31.6 Å². The number of hydrogen-bond acceptors (Lipinski definition) is 1.